The van der Waals surface area contributed by atoms with Crippen molar-refractivity contribution in [2.75, 3.05) is 16.8 Å². The Kier molecular flexibility index (Phi) is 6.48. The summed E-state index contributed by atoms with van der Waals surface area (Å²) in [4.78, 5) is 36.6. The van der Waals surface area contributed by atoms with E-state index in [0.29, 0.717) is 28.6 Å². The topological polar surface area (TPSA) is 84.4 Å². The Labute approximate surface area is 211 Å². The summed E-state index contributed by atoms with van der Waals surface area (Å²) >= 11 is 7.42. The molecule has 0 fully saturated rings. The number of amides is 2. The highest BCUT2D eigenvalue weighted by molar-refractivity contribution is 7.13. The number of anilines is 2. The molecule has 2 aromatic heterocycles. The zero-order valence-corrected chi connectivity index (χ0v) is 20.3. The summed E-state index contributed by atoms with van der Waals surface area (Å²) in [5.41, 5.74) is 3.51. The van der Waals surface area contributed by atoms with Gasteiger partial charge in [-0.2, -0.15) is 0 Å². The minimum absolute atomic E-state index is 0.145. The molecule has 1 aliphatic rings. The van der Waals surface area contributed by atoms with Crippen LogP contribution >= 0.6 is 22.9 Å². The third kappa shape index (κ3) is 4.89. The highest BCUT2D eigenvalue weighted by Crippen LogP contribution is 2.39. The number of hydrogen-bond donors (Lipinski definition) is 1. The third-order valence-electron chi connectivity index (χ3n) is 5.54. The van der Waals surface area contributed by atoms with Crippen LogP contribution in [0.25, 0.3) is 22.0 Å². The minimum atomic E-state index is -0.647. The van der Waals surface area contributed by atoms with Gasteiger partial charge in [-0.3, -0.25) is 19.5 Å². The Balaban J connectivity index is 1.43. The molecular weight excluding hydrogens is 484 g/mol. The first kappa shape index (κ1) is 23.0. The Bertz CT molecular complexity index is 1380. The summed E-state index contributed by atoms with van der Waals surface area (Å²) in [6.07, 6.45) is 1.58. The van der Waals surface area contributed by atoms with E-state index in [2.05, 4.69) is 10.3 Å². The van der Waals surface area contributed by atoms with E-state index in [0.717, 1.165) is 22.0 Å². The lowest BCUT2D eigenvalue weighted by atomic mass is 10.1. The van der Waals surface area contributed by atoms with E-state index >= 15 is 0 Å². The van der Waals surface area contributed by atoms with E-state index in [4.69, 9.17) is 21.3 Å². The minimum Gasteiger partial charge on any atom is -0.478 e. The molecule has 0 radical (unpaired) electrons. The number of pyridine rings is 1. The number of benzene rings is 2. The number of halogens is 1. The van der Waals surface area contributed by atoms with Crippen molar-refractivity contribution in [2.24, 2.45) is 0 Å². The van der Waals surface area contributed by atoms with Crippen LogP contribution in [0.15, 0.2) is 72.2 Å². The fourth-order valence-electron chi connectivity index (χ4n) is 3.80. The zero-order valence-electron chi connectivity index (χ0n) is 18.8. The van der Waals surface area contributed by atoms with Crippen LogP contribution in [0, 0.1) is 0 Å². The first-order valence-corrected chi connectivity index (χ1v) is 12.3. The molecule has 5 rings (SSSR count). The molecule has 0 aliphatic carbocycles. The fourth-order valence-corrected chi connectivity index (χ4v) is 4.73. The largest absolute Gasteiger partial charge is 0.478 e. The van der Waals surface area contributed by atoms with Gasteiger partial charge in [0.1, 0.15) is 17.3 Å². The Morgan fingerprint density at radius 2 is 1.97 bits per heavy atom. The van der Waals surface area contributed by atoms with Gasteiger partial charge in [0.15, 0.2) is 6.10 Å². The molecule has 0 spiro atoms. The molecule has 0 bridgehead atoms. The van der Waals surface area contributed by atoms with Gasteiger partial charge in [-0.15, -0.1) is 11.3 Å². The van der Waals surface area contributed by atoms with E-state index in [1.807, 2.05) is 48.7 Å². The van der Waals surface area contributed by atoms with Crippen LogP contribution < -0.4 is 15.0 Å². The van der Waals surface area contributed by atoms with Crippen LogP contribution in [0.1, 0.15) is 13.3 Å². The molecule has 4 aromatic rings. The van der Waals surface area contributed by atoms with Gasteiger partial charge in [0.05, 0.1) is 17.1 Å². The Hall–Kier alpha value is -3.75. The number of thiazole rings is 1. The molecule has 9 heteroatoms. The standard InChI is InChI=1S/C26H21ClN4O3S/c1-2-22-26(33)31(14-24(32)29-18-9-7-17(27)8-10-18)21-13-16(6-11-23(21)34-22)20-15-35-25(30-20)19-5-3-4-12-28-19/h3-13,15,22H,2,14H2,1H3,(H,29,32). The normalized spacial score (nSPS) is 14.9. The summed E-state index contributed by atoms with van der Waals surface area (Å²) in [5.74, 6) is -0.0181. The molecule has 2 aromatic carbocycles. The summed E-state index contributed by atoms with van der Waals surface area (Å²) < 4.78 is 5.94. The smallest absolute Gasteiger partial charge is 0.268 e. The van der Waals surface area contributed by atoms with Gasteiger partial charge in [-0.1, -0.05) is 24.6 Å². The maximum Gasteiger partial charge on any atom is 0.268 e. The SMILES string of the molecule is CCC1Oc2ccc(-c3csc(-c4ccccn4)n3)cc2N(CC(=O)Nc2ccc(Cl)cc2)C1=O. The lowest BCUT2D eigenvalue weighted by molar-refractivity contribution is -0.128. The van der Waals surface area contributed by atoms with E-state index < -0.39 is 6.10 Å². The van der Waals surface area contributed by atoms with Crippen LogP contribution in [-0.4, -0.2) is 34.4 Å². The zero-order chi connectivity index (χ0) is 24.4. The average molecular weight is 505 g/mol. The maximum absolute atomic E-state index is 13.2. The molecule has 1 N–H and O–H groups in total. The van der Waals surface area contributed by atoms with E-state index in [-0.39, 0.29) is 18.4 Å². The number of carbonyl (C=O) groups excluding carboxylic acids is 2. The average Bonchev–Trinajstić information content (AvgIpc) is 3.38. The van der Waals surface area contributed by atoms with Gasteiger partial charge in [-0.25, -0.2) is 4.98 Å². The molecule has 0 saturated carbocycles. The van der Waals surface area contributed by atoms with E-state index in [1.165, 1.54) is 16.2 Å². The molecule has 0 saturated heterocycles. The predicted molar refractivity (Wildman–Crippen MR) is 138 cm³/mol. The number of aromatic nitrogens is 2. The van der Waals surface area contributed by atoms with Crippen molar-refractivity contribution in [3.8, 4) is 27.7 Å². The van der Waals surface area contributed by atoms with Crippen molar-refractivity contribution in [3.05, 3.63) is 77.3 Å². The molecule has 1 unspecified atom stereocenters. The Morgan fingerprint density at radius 3 is 2.71 bits per heavy atom. The molecule has 176 valence electrons. The summed E-state index contributed by atoms with van der Waals surface area (Å²) in [7, 11) is 0. The van der Waals surface area contributed by atoms with Gasteiger partial charge >= 0.3 is 0 Å². The van der Waals surface area contributed by atoms with Gasteiger partial charge < -0.3 is 10.1 Å². The van der Waals surface area contributed by atoms with Crippen molar-refractivity contribution < 1.29 is 14.3 Å². The summed E-state index contributed by atoms with van der Waals surface area (Å²) in [6, 6.07) is 18.1. The molecule has 7 nitrogen and oxygen atoms in total. The predicted octanol–water partition coefficient (Wildman–Crippen LogP) is 5.67. The monoisotopic (exact) mass is 504 g/mol. The fraction of sp³-hybridized carbons (Fsp3) is 0.154. The van der Waals surface area contributed by atoms with Crippen molar-refractivity contribution in [1.82, 2.24) is 9.97 Å². The number of ether oxygens (including phenoxy) is 1. The van der Waals surface area contributed by atoms with Gasteiger partial charge in [-0.05, 0) is 61.0 Å². The van der Waals surface area contributed by atoms with Crippen LogP contribution in [0.5, 0.6) is 5.75 Å². The van der Waals surface area contributed by atoms with Crippen LogP contribution in [-0.2, 0) is 9.59 Å². The van der Waals surface area contributed by atoms with Crippen molar-refractivity contribution in [1.29, 1.82) is 0 Å². The molecular formula is C26H21ClN4O3S. The number of nitrogens with one attached hydrogen (secondary N) is 1. The molecule has 1 aliphatic heterocycles. The lowest BCUT2D eigenvalue weighted by Gasteiger charge is -2.34. The lowest BCUT2D eigenvalue weighted by Crippen LogP contribution is -2.48. The van der Waals surface area contributed by atoms with Gasteiger partial charge in [0, 0.05) is 27.9 Å². The molecule has 3 heterocycles. The number of rotatable bonds is 6. The van der Waals surface area contributed by atoms with E-state index in [9.17, 15) is 9.59 Å². The van der Waals surface area contributed by atoms with Crippen molar-refractivity contribution in [3.63, 3.8) is 0 Å². The second kappa shape index (κ2) is 9.85. The number of nitrogens with zero attached hydrogens (tertiary/aromatic N) is 3. The Morgan fingerprint density at radius 1 is 1.14 bits per heavy atom. The van der Waals surface area contributed by atoms with Crippen molar-refractivity contribution >= 4 is 46.1 Å². The first-order valence-electron chi connectivity index (χ1n) is 11.1. The maximum atomic E-state index is 13.2. The second-order valence-corrected chi connectivity index (χ2v) is 9.22. The van der Waals surface area contributed by atoms with Crippen molar-refractivity contribution in [2.45, 2.75) is 19.4 Å². The quantitative estimate of drug-likeness (QED) is 0.366. The first-order chi connectivity index (χ1) is 17.0. The molecule has 35 heavy (non-hydrogen) atoms. The second-order valence-electron chi connectivity index (χ2n) is 7.93. The van der Waals surface area contributed by atoms with Crippen LogP contribution in [0.3, 0.4) is 0 Å². The number of carbonyl (C=O) groups is 2. The van der Waals surface area contributed by atoms with E-state index in [1.54, 1.807) is 30.5 Å². The summed E-state index contributed by atoms with van der Waals surface area (Å²) in [5, 5.41) is 6.14. The highest BCUT2D eigenvalue weighted by atomic mass is 35.5. The molecule has 1 atom stereocenters. The van der Waals surface area contributed by atoms with Gasteiger partial charge in [0.2, 0.25) is 5.91 Å². The van der Waals surface area contributed by atoms with Crippen LogP contribution in [0.2, 0.25) is 5.02 Å². The van der Waals surface area contributed by atoms with Crippen LogP contribution in [0.4, 0.5) is 11.4 Å². The molecule has 2 amide bonds. The summed E-state index contributed by atoms with van der Waals surface area (Å²) in [6.45, 7) is 1.73. The number of fused-ring (bicyclic) bond motifs is 1. The third-order valence-corrected chi connectivity index (χ3v) is 6.66. The van der Waals surface area contributed by atoms with Gasteiger partial charge in [0.25, 0.3) is 5.91 Å². The number of hydrogen-bond acceptors (Lipinski definition) is 6. The highest BCUT2D eigenvalue weighted by Gasteiger charge is 2.34.